The molecule has 0 heterocycles. The van der Waals surface area contributed by atoms with Crippen LogP contribution in [0.3, 0.4) is 0 Å². The third-order valence-corrected chi connectivity index (χ3v) is 2.16. The lowest BCUT2D eigenvalue weighted by Gasteiger charge is -2.01. The average molecular weight is 211 g/mol. The molecule has 0 aliphatic rings. The molecule has 0 spiro atoms. The molecule has 0 radical (unpaired) electrons. The number of rotatable bonds is 4. The third kappa shape index (κ3) is 3.13. The number of nitrogens with one attached hydrogen (secondary N) is 1. The quantitative estimate of drug-likeness (QED) is 0.755. The molecule has 82 valence electrons. The second-order valence-electron chi connectivity index (χ2n) is 3.39. The first-order valence-corrected chi connectivity index (χ1v) is 4.92. The Kier molecular flexibility index (Phi) is 4.43. The van der Waals surface area contributed by atoms with Crippen molar-refractivity contribution in [3.05, 3.63) is 41.0 Å². The van der Waals surface area contributed by atoms with Gasteiger partial charge >= 0.3 is 0 Å². The Balaban J connectivity index is 2.78. The standard InChI is InChI=1S/C12H15F2N/c1-9-6-7-10(12(14)11(9)13)5-3-4-8-15-2/h3,5-7,15H,4,8H2,1-2H3/b5-3+. The lowest BCUT2D eigenvalue weighted by molar-refractivity contribution is 0.501. The van der Waals surface area contributed by atoms with Crippen LogP contribution in [0.15, 0.2) is 18.2 Å². The van der Waals surface area contributed by atoms with Gasteiger partial charge in [-0.1, -0.05) is 24.3 Å². The summed E-state index contributed by atoms with van der Waals surface area (Å²) in [4.78, 5) is 0. The van der Waals surface area contributed by atoms with E-state index in [0.717, 1.165) is 13.0 Å². The Bertz CT molecular complexity index is 359. The molecule has 0 aliphatic heterocycles. The number of benzene rings is 1. The number of aryl methyl sites for hydroxylation is 1. The van der Waals surface area contributed by atoms with Gasteiger partial charge in [0, 0.05) is 5.56 Å². The minimum absolute atomic E-state index is 0.300. The predicted molar refractivity (Wildman–Crippen MR) is 58.7 cm³/mol. The fourth-order valence-electron chi connectivity index (χ4n) is 1.23. The predicted octanol–water partition coefficient (Wildman–Crippen LogP) is 2.90. The zero-order chi connectivity index (χ0) is 11.3. The van der Waals surface area contributed by atoms with Gasteiger partial charge in [-0.3, -0.25) is 0 Å². The van der Waals surface area contributed by atoms with E-state index in [0.29, 0.717) is 11.1 Å². The molecule has 0 unspecified atom stereocenters. The fourth-order valence-corrected chi connectivity index (χ4v) is 1.23. The maximum Gasteiger partial charge on any atom is 0.166 e. The van der Waals surface area contributed by atoms with Gasteiger partial charge in [-0.25, -0.2) is 8.78 Å². The Morgan fingerprint density at radius 1 is 1.27 bits per heavy atom. The first kappa shape index (κ1) is 11.9. The lowest BCUT2D eigenvalue weighted by atomic mass is 10.1. The van der Waals surface area contributed by atoms with Crippen LogP contribution >= 0.6 is 0 Å². The van der Waals surface area contributed by atoms with Crippen LogP contribution in [0.1, 0.15) is 17.5 Å². The molecule has 0 aliphatic carbocycles. The summed E-state index contributed by atoms with van der Waals surface area (Å²) in [5.41, 5.74) is 0.633. The monoisotopic (exact) mass is 211 g/mol. The zero-order valence-corrected chi connectivity index (χ0v) is 8.98. The second kappa shape index (κ2) is 5.61. The summed E-state index contributed by atoms with van der Waals surface area (Å²) in [5, 5.41) is 2.97. The summed E-state index contributed by atoms with van der Waals surface area (Å²) in [7, 11) is 1.85. The average Bonchev–Trinajstić information content (AvgIpc) is 2.24. The van der Waals surface area contributed by atoms with Crippen LogP contribution in [-0.2, 0) is 0 Å². The van der Waals surface area contributed by atoms with E-state index in [1.54, 1.807) is 25.1 Å². The van der Waals surface area contributed by atoms with Gasteiger partial charge in [-0.2, -0.15) is 0 Å². The highest BCUT2D eigenvalue weighted by Crippen LogP contribution is 2.16. The van der Waals surface area contributed by atoms with Gasteiger partial charge in [-0.15, -0.1) is 0 Å². The molecule has 3 heteroatoms. The van der Waals surface area contributed by atoms with Gasteiger partial charge in [0.15, 0.2) is 11.6 Å². The molecule has 1 aromatic rings. The van der Waals surface area contributed by atoms with Crippen molar-refractivity contribution in [2.45, 2.75) is 13.3 Å². The molecular weight excluding hydrogens is 196 g/mol. The summed E-state index contributed by atoms with van der Waals surface area (Å²) >= 11 is 0. The van der Waals surface area contributed by atoms with Crippen molar-refractivity contribution in [1.82, 2.24) is 5.32 Å². The van der Waals surface area contributed by atoms with Gasteiger partial charge in [0.2, 0.25) is 0 Å². The van der Waals surface area contributed by atoms with Gasteiger partial charge in [0.05, 0.1) is 0 Å². The number of hydrogen-bond donors (Lipinski definition) is 1. The molecule has 0 saturated carbocycles. The van der Waals surface area contributed by atoms with Crippen molar-refractivity contribution in [3.8, 4) is 0 Å². The van der Waals surface area contributed by atoms with E-state index < -0.39 is 11.6 Å². The topological polar surface area (TPSA) is 12.0 Å². The van der Waals surface area contributed by atoms with Crippen LogP contribution in [-0.4, -0.2) is 13.6 Å². The Morgan fingerprint density at radius 3 is 2.67 bits per heavy atom. The largest absolute Gasteiger partial charge is 0.319 e. The maximum atomic E-state index is 13.3. The molecule has 1 rings (SSSR count). The van der Waals surface area contributed by atoms with Crippen molar-refractivity contribution in [2.75, 3.05) is 13.6 Å². The normalized spacial score (nSPS) is 11.2. The van der Waals surface area contributed by atoms with Crippen LogP contribution in [0, 0.1) is 18.6 Å². The third-order valence-electron chi connectivity index (χ3n) is 2.16. The Labute approximate surface area is 88.8 Å². The SMILES string of the molecule is CNCC/C=C/c1ccc(C)c(F)c1F. The molecular formula is C12H15F2N. The van der Waals surface area contributed by atoms with E-state index in [4.69, 9.17) is 0 Å². The van der Waals surface area contributed by atoms with Crippen molar-refractivity contribution >= 4 is 6.08 Å². The molecule has 0 fully saturated rings. The number of hydrogen-bond acceptors (Lipinski definition) is 1. The fraction of sp³-hybridized carbons (Fsp3) is 0.333. The Morgan fingerprint density at radius 2 is 2.00 bits per heavy atom. The van der Waals surface area contributed by atoms with Gasteiger partial charge in [-0.05, 0) is 32.5 Å². The molecule has 0 atom stereocenters. The summed E-state index contributed by atoms with van der Waals surface area (Å²) < 4.78 is 26.5. The van der Waals surface area contributed by atoms with Gasteiger partial charge < -0.3 is 5.32 Å². The van der Waals surface area contributed by atoms with E-state index in [1.807, 2.05) is 13.1 Å². The molecule has 1 aromatic carbocycles. The highest BCUT2D eigenvalue weighted by molar-refractivity contribution is 5.50. The Hall–Kier alpha value is -1.22. The van der Waals surface area contributed by atoms with Crippen molar-refractivity contribution in [2.24, 2.45) is 0 Å². The summed E-state index contributed by atoms with van der Waals surface area (Å²) in [6, 6.07) is 3.17. The smallest absolute Gasteiger partial charge is 0.166 e. The zero-order valence-electron chi connectivity index (χ0n) is 8.98. The first-order chi connectivity index (χ1) is 7.16. The molecule has 1 nitrogen and oxygen atoms in total. The molecule has 0 bridgehead atoms. The molecule has 0 saturated heterocycles. The van der Waals surface area contributed by atoms with E-state index >= 15 is 0 Å². The van der Waals surface area contributed by atoms with E-state index in [2.05, 4.69) is 5.32 Å². The molecule has 1 N–H and O–H groups in total. The van der Waals surface area contributed by atoms with Crippen LogP contribution in [0.25, 0.3) is 6.08 Å². The highest BCUT2D eigenvalue weighted by Gasteiger charge is 2.07. The van der Waals surface area contributed by atoms with Crippen LogP contribution < -0.4 is 5.32 Å². The van der Waals surface area contributed by atoms with E-state index in [1.165, 1.54) is 0 Å². The van der Waals surface area contributed by atoms with Gasteiger partial charge in [0.25, 0.3) is 0 Å². The number of halogens is 2. The summed E-state index contributed by atoms with van der Waals surface area (Å²) in [5.74, 6) is -1.53. The van der Waals surface area contributed by atoms with Crippen molar-refractivity contribution in [1.29, 1.82) is 0 Å². The molecule has 15 heavy (non-hydrogen) atoms. The molecule has 0 aromatic heterocycles. The maximum absolute atomic E-state index is 13.3. The van der Waals surface area contributed by atoms with Crippen molar-refractivity contribution < 1.29 is 8.78 Å². The first-order valence-electron chi connectivity index (χ1n) is 4.92. The molecule has 0 amide bonds. The van der Waals surface area contributed by atoms with Crippen LogP contribution in [0.2, 0.25) is 0 Å². The van der Waals surface area contributed by atoms with Gasteiger partial charge in [0.1, 0.15) is 0 Å². The lowest BCUT2D eigenvalue weighted by Crippen LogP contribution is -2.05. The highest BCUT2D eigenvalue weighted by atomic mass is 19.2. The van der Waals surface area contributed by atoms with Crippen LogP contribution in [0.4, 0.5) is 8.78 Å². The minimum Gasteiger partial charge on any atom is -0.319 e. The minimum atomic E-state index is -0.768. The van der Waals surface area contributed by atoms with E-state index in [-0.39, 0.29) is 0 Å². The van der Waals surface area contributed by atoms with Crippen molar-refractivity contribution in [3.63, 3.8) is 0 Å². The van der Waals surface area contributed by atoms with E-state index in [9.17, 15) is 8.78 Å². The summed E-state index contributed by atoms with van der Waals surface area (Å²) in [6.07, 6.45) is 4.23. The second-order valence-corrected chi connectivity index (χ2v) is 3.39. The van der Waals surface area contributed by atoms with Crippen LogP contribution in [0.5, 0.6) is 0 Å². The summed E-state index contributed by atoms with van der Waals surface area (Å²) in [6.45, 7) is 2.37.